The van der Waals surface area contributed by atoms with Crippen molar-refractivity contribution >= 4 is 23.5 Å². The molecule has 0 aliphatic rings. The molecule has 0 radical (unpaired) electrons. The highest BCUT2D eigenvalue weighted by molar-refractivity contribution is 6.02. The van der Waals surface area contributed by atoms with Crippen molar-refractivity contribution in [2.75, 3.05) is 18.8 Å². The van der Waals surface area contributed by atoms with E-state index in [2.05, 4.69) is 10.2 Å². The number of amides is 3. The summed E-state index contributed by atoms with van der Waals surface area (Å²) in [6.45, 7) is 0.737. The van der Waals surface area contributed by atoms with Crippen molar-refractivity contribution in [1.82, 2.24) is 15.1 Å². The Kier molecular flexibility index (Phi) is 3.87. The van der Waals surface area contributed by atoms with E-state index in [-0.39, 0.29) is 11.4 Å². The molecule has 9 heteroatoms. The molecule has 9 nitrogen and oxygen atoms in total. The van der Waals surface area contributed by atoms with Crippen molar-refractivity contribution in [2.45, 2.75) is 6.92 Å². The van der Waals surface area contributed by atoms with Gasteiger partial charge in [-0.05, 0) is 6.92 Å². The molecule has 98 valence electrons. The highest BCUT2D eigenvalue weighted by Crippen LogP contribution is 2.14. The molecule has 18 heavy (non-hydrogen) atoms. The minimum absolute atomic E-state index is 0.0172. The number of primary amides is 2. The Bertz CT molecular complexity index is 459. The van der Waals surface area contributed by atoms with Gasteiger partial charge in [0.2, 0.25) is 11.8 Å². The van der Waals surface area contributed by atoms with E-state index in [4.69, 9.17) is 17.2 Å². The third-order valence-electron chi connectivity index (χ3n) is 2.17. The summed E-state index contributed by atoms with van der Waals surface area (Å²) >= 11 is 0. The smallest absolute Gasteiger partial charge is 0.260 e. The summed E-state index contributed by atoms with van der Waals surface area (Å²) < 4.78 is 0. The van der Waals surface area contributed by atoms with E-state index < -0.39 is 30.8 Å². The van der Waals surface area contributed by atoms with Crippen LogP contribution in [-0.2, 0) is 9.59 Å². The molecule has 7 N–H and O–H groups in total. The Labute approximate surface area is 102 Å². The lowest BCUT2D eigenvalue weighted by molar-refractivity contribution is -0.121. The SMILES string of the molecule is Cc1[nH]nc(N)c1C(=O)N(CC(N)=O)CC(N)=O. The molecule has 0 saturated heterocycles. The Morgan fingerprint density at radius 3 is 2.06 bits per heavy atom. The van der Waals surface area contributed by atoms with Gasteiger partial charge in [0.05, 0.1) is 0 Å². The number of nitrogens with zero attached hydrogens (tertiary/aromatic N) is 2. The Morgan fingerprint density at radius 2 is 1.72 bits per heavy atom. The minimum Gasteiger partial charge on any atom is -0.382 e. The second-order valence-corrected chi connectivity index (χ2v) is 3.70. The van der Waals surface area contributed by atoms with Gasteiger partial charge >= 0.3 is 0 Å². The van der Waals surface area contributed by atoms with Gasteiger partial charge in [0.1, 0.15) is 18.7 Å². The lowest BCUT2D eigenvalue weighted by atomic mass is 10.2. The summed E-state index contributed by atoms with van der Waals surface area (Å²) in [4.78, 5) is 34.7. The number of nitrogen functional groups attached to an aromatic ring is 1. The first-order valence-electron chi connectivity index (χ1n) is 4.99. The number of carbonyl (C=O) groups excluding carboxylic acids is 3. The lowest BCUT2D eigenvalue weighted by Gasteiger charge is -2.19. The maximum atomic E-state index is 12.1. The number of H-pyrrole nitrogens is 1. The van der Waals surface area contributed by atoms with Crippen LogP contribution in [0.2, 0.25) is 0 Å². The number of aryl methyl sites for hydroxylation is 1. The number of nitrogens with two attached hydrogens (primary N) is 3. The maximum absolute atomic E-state index is 12.1. The Hall–Kier alpha value is -2.58. The predicted molar refractivity (Wildman–Crippen MR) is 62.0 cm³/mol. The minimum atomic E-state index is -0.760. The van der Waals surface area contributed by atoms with Crippen molar-refractivity contribution in [2.24, 2.45) is 11.5 Å². The van der Waals surface area contributed by atoms with Crippen LogP contribution in [0.15, 0.2) is 0 Å². The highest BCUT2D eigenvalue weighted by Gasteiger charge is 2.24. The van der Waals surface area contributed by atoms with Crippen LogP contribution in [0.3, 0.4) is 0 Å². The monoisotopic (exact) mass is 254 g/mol. The molecule has 0 fully saturated rings. The van der Waals surface area contributed by atoms with Crippen LogP contribution < -0.4 is 17.2 Å². The molecule has 0 spiro atoms. The van der Waals surface area contributed by atoms with E-state index in [1.807, 2.05) is 0 Å². The summed E-state index contributed by atoms with van der Waals surface area (Å²) in [5, 5.41) is 6.18. The van der Waals surface area contributed by atoms with Gasteiger partial charge in [0, 0.05) is 5.69 Å². The highest BCUT2D eigenvalue weighted by atomic mass is 16.2. The van der Waals surface area contributed by atoms with Crippen molar-refractivity contribution in [1.29, 1.82) is 0 Å². The number of hydrogen-bond acceptors (Lipinski definition) is 5. The van der Waals surface area contributed by atoms with Crippen molar-refractivity contribution in [3.05, 3.63) is 11.3 Å². The maximum Gasteiger partial charge on any atom is 0.260 e. The van der Waals surface area contributed by atoms with E-state index in [1.165, 1.54) is 0 Å². The number of aromatic amines is 1. The van der Waals surface area contributed by atoms with Gasteiger partial charge in [-0.3, -0.25) is 19.5 Å². The third-order valence-corrected chi connectivity index (χ3v) is 2.17. The average molecular weight is 254 g/mol. The number of carbonyl (C=O) groups is 3. The normalized spacial score (nSPS) is 10.1. The van der Waals surface area contributed by atoms with E-state index >= 15 is 0 Å². The molecule has 0 atom stereocenters. The molecule has 3 amide bonds. The second-order valence-electron chi connectivity index (χ2n) is 3.70. The number of rotatable bonds is 5. The molecular weight excluding hydrogens is 240 g/mol. The van der Waals surface area contributed by atoms with E-state index in [0.29, 0.717) is 5.69 Å². The molecule has 1 aromatic rings. The van der Waals surface area contributed by atoms with Gasteiger partial charge in [-0.2, -0.15) is 5.10 Å². The third kappa shape index (κ3) is 2.97. The van der Waals surface area contributed by atoms with Crippen LogP contribution in [-0.4, -0.2) is 45.9 Å². The average Bonchev–Trinajstić information content (AvgIpc) is 2.55. The summed E-state index contributed by atoms with van der Waals surface area (Å²) in [5.74, 6) is -2.17. The topological polar surface area (TPSA) is 161 Å². The van der Waals surface area contributed by atoms with Gasteiger partial charge in [0.15, 0.2) is 5.82 Å². The molecule has 0 aliphatic heterocycles. The number of hydrogen-bond donors (Lipinski definition) is 4. The van der Waals surface area contributed by atoms with Crippen molar-refractivity contribution in [3.8, 4) is 0 Å². The molecular formula is C9H14N6O3. The zero-order chi connectivity index (χ0) is 13.9. The largest absolute Gasteiger partial charge is 0.382 e. The zero-order valence-corrected chi connectivity index (χ0v) is 9.77. The van der Waals surface area contributed by atoms with Gasteiger partial charge in [0.25, 0.3) is 5.91 Å². The first-order chi connectivity index (χ1) is 8.32. The van der Waals surface area contributed by atoms with E-state index in [1.54, 1.807) is 6.92 Å². The van der Waals surface area contributed by atoms with Gasteiger partial charge in [-0.25, -0.2) is 0 Å². The zero-order valence-electron chi connectivity index (χ0n) is 9.77. The quantitative estimate of drug-likeness (QED) is 0.464. The Balaban J connectivity index is 3.02. The summed E-state index contributed by atoms with van der Waals surface area (Å²) in [5.41, 5.74) is 16.0. The first kappa shape index (κ1) is 13.5. The molecule has 1 rings (SSSR count). The summed E-state index contributed by atoms with van der Waals surface area (Å²) in [6.07, 6.45) is 0. The molecule has 0 aliphatic carbocycles. The van der Waals surface area contributed by atoms with Crippen LogP contribution in [0.1, 0.15) is 16.1 Å². The van der Waals surface area contributed by atoms with Crippen molar-refractivity contribution in [3.63, 3.8) is 0 Å². The van der Waals surface area contributed by atoms with Crippen LogP contribution in [0, 0.1) is 6.92 Å². The fraction of sp³-hybridized carbons (Fsp3) is 0.333. The summed E-state index contributed by atoms with van der Waals surface area (Å²) in [6, 6.07) is 0. The Morgan fingerprint density at radius 1 is 1.22 bits per heavy atom. The van der Waals surface area contributed by atoms with Crippen LogP contribution in [0.4, 0.5) is 5.82 Å². The lowest BCUT2D eigenvalue weighted by Crippen LogP contribution is -2.43. The van der Waals surface area contributed by atoms with Crippen molar-refractivity contribution < 1.29 is 14.4 Å². The van der Waals surface area contributed by atoms with Crippen LogP contribution >= 0.6 is 0 Å². The van der Waals surface area contributed by atoms with Crippen LogP contribution in [0.25, 0.3) is 0 Å². The molecule has 0 bridgehead atoms. The van der Waals surface area contributed by atoms with Gasteiger partial charge < -0.3 is 22.1 Å². The fourth-order valence-electron chi connectivity index (χ4n) is 1.45. The van der Waals surface area contributed by atoms with Gasteiger partial charge in [-0.15, -0.1) is 0 Å². The number of aromatic nitrogens is 2. The summed E-state index contributed by atoms with van der Waals surface area (Å²) in [7, 11) is 0. The second kappa shape index (κ2) is 5.17. The first-order valence-corrected chi connectivity index (χ1v) is 4.99. The van der Waals surface area contributed by atoms with E-state index in [9.17, 15) is 14.4 Å². The molecule has 1 heterocycles. The molecule has 0 saturated carbocycles. The predicted octanol–water partition coefficient (Wildman–Crippen LogP) is -2.29. The van der Waals surface area contributed by atoms with E-state index in [0.717, 1.165) is 4.90 Å². The molecule has 0 aromatic carbocycles. The molecule has 0 unspecified atom stereocenters. The van der Waals surface area contributed by atoms with Gasteiger partial charge in [-0.1, -0.05) is 0 Å². The fourth-order valence-corrected chi connectivity index (χ4v) is 1.45. The number of anilines is 1. The standard InChI is InChI=1S/C9H14N6O3/c1-4-7(8(12)14-13-4)9(18)15(2-5(10)16)3-6(11)17/h2-3H2,1H3,(H2,10,16)(H2,11,17)(H3,12,13,14). The van der Waals surface area contributed by atoms with Crippen LogP contribution in [0.5, 0.6) is 0 Å². The molecule has 1 aromatic heterocycles. The number of nitrogens with one attached hydrogen (secondary N) is 1.